The highest BCUT2D eigenvalue weighted by Crippen LogP contribution is 2.14. The summed E-state index contributed by atoms with van der Waals surface area (Å²) < 4.78 is 0. The first kappa shape index (κ1) is 15.5. The summed E-state index contributed by atoms with van der Waals surface area (Å²) >= 11 is 5.87. The first-order valence-corrected chi connectivity index (χ1v) is 7.25. The van der Waals surface area contributed by atoms with E-state index in [1.807, 2.05) is 6.07 Å². The van der Waals surface area contributed by atoms with E-state index < -0.39 is 0 Å². The Morgan fingerprint density at radius 2 is 2.14 bits per heavy atom. The van der Waals surface area contributed by atoms with Gasteiger partial charge in [0.05, 0.1) is 12.2 Å². The van der Waals surface area contributed by atoms with Gasteiger partial charge in [0, 0.05) is 23.5 Å². The van der Waals surface area contributed by atoms with E-state index in [9.17, 15) is 4.79 Å². The number of pyridine rings is 1. The van der Waals surface area contributed by atoms with Crippen LogP contribution in [0.3, 0.4) is 0 Å². The Balaban J connectivity index is 1.82. The number of anilines is 1. The lowest BCUT2D eigenvalue weighted by Gasteiger charge is -2.09. The third-order valence-corrected chi connectivity index (χ3v) is 3.29. The molecule has 0 saturated heterocycles. The number of carbonyl (C=O) groups excluding carboxylic acids is 1. The van der Waals surface area contributed by atoms with Gasteiger partial charge in [0.25, 0.3) is 0 Å². The Morgan fingerprint density at radius 3 is 2.90 bits per heavy atom. The fourth-order valence-electron chi connectivity index (χ4n) is 2.02. The average molecular weight is 304 g/mol. The van der Waals surface area contributed by atoms with E-state index in [0.29, 0.717) is 17.3 Å². The van der Waals surface area contributed by atoms with E-state index in [0.717, 1.165) is 12.1 Å². The minimum absolute atomic E-state index is 0.105. The normalized spacial score (nSPS) is 10.4. The van der Waals surface area contributed by atoms with Gasteiger partial charge in [-0.1, -0.05) is 30.7 Å². The molecule has 2 rings (SSSR count). The zero-order chi connectivity index (χ0) is 15.1. The minimum Gasteiger partial charge on any atom is -0.325 e. The smallest absolute Gasteiger partial charge is 0.238 e. The monoisotopic (exact) mass is 303 g/mol. The lowest BCUT2D eigenvalue weighted by molar-refractivity contribution is -0.115. The van der Waals surface area contributed by atoms with Gasteiger partial charge in [-0.3, -0.25) is 9.78 Å². The van der Waals surface area contributed by atoms with Gasteiger partial charge >= 0.3 is 0 Å². The van der Waals surface area contributed by atoms with Crippen LogP contribution in [-0.4, -0.2) is 17.4 Å². The van der Waals surface area contributed by atoms with Crippen LogP contribution in [0.4, 0.5) is 5.69 Å². The van der Waals surface area contributed by atoms with Crippen molar-refractivity contribution in [1.82, 2.24) is 10.3 Å². The number of nitrogens with one attached hydrogen (secondary N) is 2. The van der Waals surface area contributed by atoms with Crippen LogP contribution in [0.25, 0.3) is 0 Å². The highest BCUT2D eigenvalue weighted by atomic mass is 35.5. The van der Waals surface area contributed by atoms with Gasteiger partial charge in [0.1, 0.15) is 0 Å². The van der Waals surface area contributed by atoms with E-state index in [1.54, 1.807) is 30.5 Å². The van der Waals surface area contributed by atoms with Crippen LogP contribution in [0.5, 0.6) is 0 Å². The van der Waals surface area contributed by atoms with Gasteiger partial charge in [0.15, 0.2) is 0 Å². The van der Waals surface area contributed by atoms with Crippen molar-refractivity contribution in [3.8, 4) is 0 Å². The summed E-state index contributed by atoms with van der Waals surface area (Å²) in [5.74, 6) is -0.105. The molecule has 2 aromatic rings. The molecule has 0 saturated carbocycles. The van der Waals surface area contributed by atoms with Crippen LogP contribution >= 0.6 is 11.6 Å². The van der Waals surface area contributed by atoms with Crippen LogP contribution in [0.15, 0.2) is 42.6 Å². The van der Waals surface area contributed by atoms with Crippen LogP contribution in [0, 0.1) is 0 Å². The highest BCUT2D eigenvalue weighted by molar-refractivity contribution is 6.30. The summed E-state index contributed by atoms with van der Waals surface area (Å²) in [4.78, 5) is 16.2. The van der Waals surface area contributed by atoms with Gasteiger partial charge in [-0.25, -0.2) is 0 Å². The molecule has 110 valence electrons. The number of hydrogen-bond acceptors (Lipinski definition) is 3. The van der Waals surface area contributed by atoms with Crippen molar-refractivity contribution in [2.45, 2.75) is 19.9 Å². The average Bonchev–Trinajstić information content (AvgIpc) is 2.47. The molecule has 0 atom stereocenters. The van der Waals surface area contributed by atoms with Crippen molar-refractivity contribution in [1.29, 1.82) is 0 Å². The molecule has 21 heavy (non-hydrogen) atoms. The number of rotatable bonds is 6. The molecule has 4 nitrogen and oxygen atoms in total. The summed E-state index contributed by atoms with van der Waals surface area (Å²) in [5, 5.41) is 6.49. The predicted molar refractivity (Wildman–Crippen MR) is 85.4 cm³/mol. The number of aromatic nitrogens is 1. The molecular weight excluding hydrogens is 286 g/mol. The largest absolute Gasteiger partial charge is 0.325 e. The van der Waals surface area contributed by atoms with Gasteiger partial charge < -0.3 is 10.6 Å². The van der Waals surface area contributed by atoms with Crippen molar-refractivity contribution >= 4 is 23.2 Å². The molecule has 0 unspecified atom stereocenters. The number of halogens is 1. The predicted octanol–water partition coefficient (Wildman–Crippen LogP) is 3.03. The molecule has 1 heterocycles. The lowest BCUT2D eigenvalue weighted by Crippen LogP contribution is -2.28. The number of nitrogens with zero attached hydrogens (tertiary/aromatic N) is 1. The second kappa shape index (κ2) is 7.76. The standard InChI is InChI=1S/C16H18ClN3O/c1-2-12-5-4-8-19-15(12)10-18-11-16(21)20-14-7-3-6-13(17)9-14/h3-9,18H,2,10-11H2,1H3,(H,20,21). The number of benzene rings is 1. The molecule has 1 amide bonds. The third kappa shape index (κ3) is 4.85. The zero-order valence-corrected chi connectivity index (χ0v) is 12.7. The lowest BCUT2D eigenvalue weighted by atomic mass is 10.1. The number of carbonyl (C=O) groups is 1. The topological polar surface area (TPSA) is 54.0 Å². The number of amides is 1. The Hall–Kier alpha value is -1.91. The molecule has 1 aromatic carbocycles. The van der Waals surface area contributed by atoms with Crippen LogP contribution in [0.2, 0.25) is 5.02 Å². The second-order valence-corrected chi connectivity index (χ2v) is 5.06. The quantitative estimate of drug-likeness (QED) is 0.862. The maximum absolute atomic E-state index is 11.8. The molecule has 0 aliphatic rings. The molecule has 0 spiro atoms. The molecule has 0 radical (unpaired) electrons. The Labute approximate surface area is 129 Å². The molecule has 0 aliphatic heterocycles. The maximum atomic E-state index is 11.8. The maximum Gasteiger partial charge on any atom is 0.238 e. The third-order valence-electron chi connectivity index (χ3n) is 3.05. The zero-order valence-electron chi connectivity index (χ0n) is 11.9. The number of hydrogen-bond donors (Lipinski definition) is 2. The van der Waals surface area contributed by atoms with Gasteiger partial charge in [0.2, 0.25) is 5.91 Å². The van der Waals surface area contributed by atoms with E-state index in [-0.39, 0.29) is 12.5 Å². The first-order valence-electron chi connectivity index (χ1n) is 6.88. The van der Waals surface area contributed by atoms with Crippen LogP contribution in [-0.2, 0) is 17.8 Å². The molecule has 0 aliphatic carbocycles. The van der Waals surface area contributed by atoms with Crippen molar-refractivity contribution in [3.63, 3.8) is 0 Å². The second-order valence-electron chi connectivity index (χ2n) is 4.62. The summed E-state index contributed by atoms with van der Waals surface area (Å²) in [6, 6.07) is 11.1. The summed E-state index contributed by atoms with van der Waals surface area (Å²) in [5.41, 5.74) is 2.87. The number of aryl methyl sites for hydroxylation is 1. The van der Waals surface area contributed by atoms with Crippen LogP contribution in [0.1, 0.15) is 18.2 Å². The molecule has 5 heteroatoms. The summed E-state index contributed by atoms with van der Waals surface area (Å²) in [6.07, 6.45) is 2.70. The van der Waals surface area contributed by atoms with Crippen molar-refractivity contribution in [2.24, 2.45) is 0 Å². The highest BCUT2D eigenvalue weighted by Gasteiger charge is 2.04. The molecule has 1 aromatic heterocycles. The Kier molecular flexibility index (Phi) is 5.72. The summed E-state index contributed by atoms with van der Waals surface area (Å²) in [6.45, 7) is 2.89. The van der Waals surface area contributed by atoms with E-state index in [2.05, 4.69) is 28.6 Å². The van der Waals surface area contributed by atoms with Gasteiger partial charge in [-0.15, -0.1) is 0 Å². The fourth-order valence-corrected chi connectivity index (χ4v) is 2.21. The van der Waals surface area contributed by atoms with E-state index >= 15 is 0 Å². The van der Waals surface area contributed by atoms with E-state index in [1.165, 1.54) is 5.56 Å². The van der Waals surface area contributed by atoms with Crippen LogP contribution < -0.4 is 10.6 Å². The fraction of sp³-hybridized carbons (Fsp3) is 0.250. The molecule has 0 fully saturated rings. The van der Waals surface area contributed by atoms with Crippen molar-refractivity contribution in [2.75, 3.05) is 11.9 Å². The van der Waals surface area contributed by atoms with E-state index in [4.69, 9.17) is 11.6 Å². The molecular formula is C16H18ClN3O. The Morgan fingerprint density at radius 1 is 1.29 bits per heavy atom. The minimum atomic E-state index is -0.105. The SMILES string of the molecule is CCc1cccnc1CNCC(=O)Nc1cccc(Cl)c1. The van der Waals surface area contributed by atoms with Gasteiger partial charge in [-0.05, 0) is 36.2 Å². The van der Waals surface area contributed by atoms with Gasteiger partial charge in [-0.2, -0.15) is 0 Å². The molecule has 0 bridgehead atoms. The van der Waals surface area contributed by atoms with Crippen molar-refractivity contribution in [3.05, 3.63) is 58.9 Å². The van der Waals surface area contributed by atoms with Crippen molar-refractivity contribution < 1.29 is 4.79 Å². The molecule has 2 N–H and O–H groups in total. The first-order chi connectivity index (χ1) is 10.2. The summed E-state index contributed by atoms with van der Waals surface area (Å²) in [7, 11) is 0. The Bertz CT molecular complexity index is 616.